The highest BCUT2D eigenvalue weighted by molar-refractivity contribution is 7.89. The molecule has 2 aromatic rings. The molecule has 2 heterocycles. The van der Waals surface area contributed by atoms with Crippen molar-refractivity contribution in [3.05, 3.63) is 48.3 Å². The highest BCUT2D eigenvalue weighted by atomic mass is 32.2. The maximum absolute atomic E-state index is 12.9. The fourth-order valence-electron chi connectivity index (χ4n) is 2.68. The molecular weight excluding hydrogens is 370 g/mol. The zero-order chi connectivity index (χ0) is 19.3. The Kier molecular flexibility index (Phi) is 6.04. The van der Waals surface area contributed by atoms with Crippen LogP contribution in [0.2, 0.25) is 0 Å². The maximum Gasteiger partial charge on any atom is 0.255 e. The number of nitrogens with one attached hydrogen (secondary N) is 1. The third kappa shape index (κ3) is 4.44. The zero-order valence-electron chi connectivity index (χ0n) is 14.9. The monoisotopic (exact) mass is 391 g/mol. The van der Waals surface area contributed by atoms with Gasteiger partial charge in [0.25, 0.3) is 5.91 Å². The molecule has 8 nitrogen and oxygen atoms in total. The number of amides is 1. The Bertz CT molecular complexity index is 896. The number of anilines is 1. The first-order valence-corrected chi connectivity index (χ1v) is 10.0. The molecule has 1 fully saturated rings. The van der Waals surface area contributed by atoms with Crippen molar-refractivity contribution in [2.45, 2.75) is 11.8 Å². The third-order valence-corrected chi connectivity index (χ3v) is 5.94. The second-order valence-corrected chi connectivity index (χ2v) is 7.74. The van der Waals surface area contributed by atoms with Crippen LogP contribution in [0.15, 0.2) is 47.6 Å². The Morgan fingerprint density at radius 2 is 1.93 bits per heavy atom. The number of hydrogen-bond acceptors (Lipinski definition) is 6. The van der Waals surface area contributed by atoms with Gasteiger partial charge in [0.15, 0.2) is 0 Å². The summed E-state index contributed by atoms with van der Waals surface area (Å²) in [4.78, 5) is 16.4. The van der Waals surface area contributed by atoms with Gasteiger partial charge in [-0.15, -0.1) is 0 Å². The molecular formula is C18H21N3O5S. The molecule has 144 valence electrons. The summed E-state index contributed by atoms with van der Waals surface area (Å²) in [5.41, 5.74) is 0.710. The first kappa shape index (κ1) is 19.3. The van der Waals surface area contributed by atoms with Crippen molar-refractivity contribution >= 4 is 21.6 Å². The molecule has 1 aromatic carbocycles. The lowest BCUT2D eigenvalue weighted by atomic mass is 10.2. The SMILES string of the molecule is CCOc1ccc(S(=O)(=O)N2CCOCC2)cc1NC(=O)c1ccncc1. The number of carbonyl (C=O) groups is 1. The van der Waals surface area contributed by atoms with E-state index in [2.05, 4.69) is 10.3 Å². The van der Waals surface area contributed by atoms with Crippen LogP contribution in [0.3, 0.4) is 0 Å². The quantitative estimate of drug-likeness (QED) is 0.806. The van der Waals surface area contributed by atoms with Crippen LogP contribution < -0.4 is 10.1 Å². The van der Waals surface area contributed by atoms with Crippen LogP contribution in [0.25, 0.3) is 0 Å². The Morgan fingerprint density at radius 3 is 2.59 bits per heavy atom. The highest BCUT2D eigenvalue weighted by Crippen LogP contribution is 2.30. The summed E-state index contributed by atoms with van der Waals surface area (Å²) in [6.45, 7) is 3.52. The highest BCUT2D eigenvalue weighted by Gasteiger charge is 2.27. The van der Waals surface area contributed by atoms with Crippen molar-refractivity contribution in [2.24, 2.45) is 0 Å². The summed E-state index contributed by atoms with van der Waals surface area (Å²) < 4.78 is 37.9. The topological polar surface area (TPSA) is 97.8 Å². The van der Waals surface area contributed by atoms with Crippen molar-refractivity contribution in [2.75, 3.05) is 38.2 Å². The lowest BCUT2D eigenvalue weighted by Crippen LogP contribution is -2.40. The Morgan fingerprint density at radius 1 is 1.22 bits per heavy atom. The van der Waals surface area contributed by atoms with Gasteiger partial charge in [0, 0.05) is 31.0 Å². The van der Waals surface area contributed by atoms with Crippen LogP contribution in [0.5, 0.6) is 5.75 Å². The number of carbonyl (C=O) groups excluding carboxylic acids is 1. The van der Waals surface area contributed by atoms with E-state index in [4.69, 9.17) is 9.47 Å². The van der Waals surface area contributed by atoms with Gasteiger partial charge in [-0.05, 0) is 37.3 Å². The standard InChI is InChI=1S/C18H21N3O5S/c1-2-26-17-4-3-15(27(23,24)21-9-11-25-12-10-21)13-16(17)20-18(22)14-5-7-19-8-6-14/h3-8,13H,2,9-12H2,1H3,(H,20,22). The predicted octanol–water partition coefficient (Wildman–Crippen LogP) is 1.75. The van der Waals surface area contributed by atoms with Gasteiger partial charge in [0.05, 0.1) is 30.4 Å². The lowest BCUT2D eigenvalue weighted by Gasteiger charge is -2.26. The average Bonchev–Trinajstić information content (AvgIpc) is 2.70. The second-order valence-electron chi connectivity index (χ2n) is 5.80. The van der Waals surface area contributed by atoms with Crippen LogP contribution in [-0.2, 0) is 14.8 Å². The number of morpholine rings is 1. The number of nitrogens with zero attached hydrogens (tertiary/aromatic N) is 2. The van der Waals surface area contributed by atoms with Crippen LogP contribution in [0.1, 0.15) is 17.3 Å². The number of aromatic nitrogens is 1. The minimum Gasteiger partial charge on any atom is -0.492 e. The molecule has 0 radical (unpaired) electrons. The van der Waals surface area contributed by atoms with E-state index >= 15 is 0 Å². The minimum atomic E-state index is -3.68. The van der Waals surface area contributed by atoms with E-state index in [1.54, 1.807) is 18.2 Å². The van der Waals surface area contributed by atoms with Gasteiger partial charge in [-0.2, -0.15) is 4.31 Å². The molecule has 27 heavy (non-hydrogen) atoms. The number of pyridine rings is 1. The fourth-order valence-corrected chi connectivity index (χ4v) is 4.12. The molecule has 3 rings (SSSR count). The van der Waals surface area contributed by atoms with Crippen LogP contribution in [0.4, 0.5) is 5.69 Å². The number of benzene rings is 1. The summed E-state index contributed by atoms with van der Waals surface area (Å²) in [5.74, 6) is 0.0279. The lowest BCUT2D eigenvalue weighted by molar-refractivity contribution is 0.0730. The number of rotatable bonds is 6. The largest absolute Gasteiger partial charge is 0.492 e. The van der Waals surface area contributed by atoms with E-state index in [0.29, 0.717) is 49.9 Å². The molecule has 1 N–H and O–H groups in total. The summed E-state index contributed by atoms with van der Waals surface area (Å²) in [7, 11) is -3.68. The molecule has 0 spiro atoms. The molecule has 0 saturated carbocycles. The summed E-state index contributed by atoms with van der Waals surface area (Å²) in [6.07, 6.45) is 3.02. The normalized spacial score (nSPS) is 15.3. The molecule has 9 heteroatoms. The van der Waals surface area contributed by atoms with Crippen molar-refractivity contribution < 1.29 is 22.7 Å². The maximum atomic E-state index is 12.9. The van der Waals surface area contributed by atoms with Gasteiger partial charge in [-0.1, -0.05) is 0 Å². The minimum absolute atomic E-state index is 0.0953. The van der Waals surface area contributed by atoms with Gasteiger partial charge >= 0.3 is 0 Å². The average molecular weight is 391 g/mol. The first-order valence-electron chi connectivity index (χ1n) is 8.58. The summed E-state index contributed by atoms with van der Waals surface area (Å²) in [5, 5.41) is 2.73. The summed E-state index contributed by atoms with van der Waals surface area (Å²) in [6, 6.07) is 7.61. The first-order chi connectivity index (χ1) is 13.0. The smallest absolute Gasteiger partial charge is 0.255 e. The zero-order valence-corrected chi connectivity index (χ0v) is 15.7. The van der Waals surface area contributed by atoms with Gasteiger partial charge in [0.2, 0.25) is 10.0 Å². The van der Waals surface area contributed by atoms with E-state index in [1.165, 1.54) is 28.8 Å². The molecule has 0 unspecified atom stereocenters. The van der Waals surface area contributed by atoms with Crippen LogP contribution in [0, 0.1) is 0 Å². The molecule has 1 aliphatic heterocycles. The van der Waals surface area contributed by atoms with Gasteiger partial charge in [0.1, 0.15) is 5.75 Å². The molecule has 1 saturated heterocycles. The summed E-state index contributed by atoms with van der Waals surface area (Å²) >= 11 is 0. The Labute approximate surface area is 158 Å². The molecule has 0 aliphatic carbocycles. The van der Waals surface area contributed by atoms with E-state index in [0.717, 1.165) is 0 Å². The molecule has 0 atom stereocenters. The van der Waals surface area contributed by atoms with E-state index < -0.39 is 10.0 Å². The van der Waals surface area contributed by atoms with Gasteiger partial charge in [-0.3, -0.25) is 9.78 Å². The Hall–Kier alpha value is -2.49. The number of ether oxygens (including phenoxy) is 2. The van der Waals surface area contributed by atoms with Gasteiger partial charge < -0.3 is 14.8 Å². The molecule has 1 aliphatic rings. The van der Waals surface area contributed by atoms with Crippen LogP contribution in [-0.4, -0.2) is 56.5 Å². The van der Waals surface area contributed by atoms with Gasteiger partial charge in [-0.25, -0.2) is 8.42 Å². The molecule has 1 amide bonds. The van der Waals surface area contributed by atoms with Crippen molar-refractivity contribution in [3.8, 4) is 5.75 Å². The Balaban J connectivity index is 1.91. The van der Waals surface area contributed by atoms with Crippen molar-refractivity contribution in [1.29, 1.82) is 0 Å². The van der Waals surface area contributed by atoms with Crippen molar-refractivity contribution in [3.63, 3.8) is 0 Å². The fraction of sp³-hybridized carbons (Fsp3) is 0.333. The third-order valence-electron chi connectivity index (χ3n) is 4.05. The van der Waals surface area contributed by atoms with E-state index in [1.807, 2.05) is 6.92 Å². The second kappa shape index (κ2) is 8.47. The number of hydrogen-bond donors (Lipinski definition) is 1. The molecule has 0 bridgehead atoms. The van der Waals surface area contributed by atoms with Crippen molar-refractivity contribution in [1.82, 2.24) is 9.29 Å². The van der Waals surface area contributed by atoms with Crippen LogP contribution >= 0.6 is 0 Å². The van der Waals surface area contributed by atoms with E-state index in [-0.39, 0.29) is 10.8 Å². The molecule has 1 aromatic heterocycles. The predicted molar refractivity (Wildman–Crippen MR) is 99.4 cm³/mol. The van der Waals surface area contributed by atoms with E-state index in [9.17, 15) is 13.2 Å². The number of sulfonamides is 1.